The summed E-state index contributed by atoms with van der Waals surface area (Å²) in [6.07, 6.45) is 0. The van der Waals surface area contributed by atoms with Crippen LogP contribution in [-0.2, 0) is 0 Å². The summed E-state index contributed by atoms with van der Waals surface area (Å²) in [4.78, 5) is 2.36. The molecule has 0 aliphatic carbocycles. The molecule has 17 aromatic rings. The molecule has 3 aromatic heterocycles. The van der Waals surface area contributed by atoms with Crippen LogP contribution in [0.25, 0.3) is 144 Å². The third-order valence-corrected chi connectivity index (χ3v) is 17.8. The minimum Gasteiger partial charge on any atom is -0.456 e. The van der Waals surface area contributed by atoms with Crippen molar-refractivity contribution in [2.45, 2.75) is 0 Å². The summed E-state index contributed by atoms with van der Waals surface area (Å²) < 4.78 is 10.9. The molecule has 0 saturated carbocycles. The normalized spacial score (nSPS) is 11.6. The Hall–Kier alpha value is -11.7. The number of hydrogen-bond acceptors (Lipinski definition) is 2. The number of rotatable bonds is 11. The number of furan rings is 1. The van der Waals surface area contributed by atoms with Crippen LogP contribution in [0, 0.1) is 0 Å². The Labute approximate surface area is 509 Å². The molecule has 0 radical (unpaired) electrons. The van der Waals surface area contributed by atoms with Crippen molar-refractivity contribution < 1.29 is 4.42 Å². The lowest BCUT2D eigenvalue weighted by molar-refractivity contribution is 0.669. The maximum absolute atomic E-state index is 6.13. The second-order valence-electron chi connectivity index (χ2n) is 22.9. The van der Waals surface area contributed by atoms with Crippen LogP contribution in [0.1, 0.15) is 0 Å². The standard InChI is InChI=1S/C84H55N3O/c1-3-13-68(14-4-1)86-79-20-10-7-17-73(79)76-53-65(41-50-81(76)86)62-29-23-56(24-30-62)59-35-44-70(45-36-59)85(72-48-39-61(40-49-72)58-27-33-64(34-28-58)67-43-52-84-78(55-67)75-19-9-12-22-83(75)88-84)71-46-37-60(38-47-71)57-25-31-63(32-26-57)66-42-51-82-77(54-66)74-18-8-11-21-80(74)87(82)69-15-5-2-6-16-69/h1-55H. The Kier molecular flexibility index (Phi) is 12.2. The van der Waals surface area contributed by atoms with Gasteiger partial charge >= 0.3 is 0 Å². The fourth-order valence-electron chi connectivity index (χ4n) is 13.3. The van der Waals surface area contributed by atoms with Crippen molar-refractivity contribution in [3.05, 3.63) is 334 Å². The minimum absolute atomic E-state index is 0.906. The van der Waals surface area contributed by atoms with Crippen LogP contribution in [0.5, 0.6) is 0 Å². The highest BCUT2D eigenvalue weighted by molar-refractivity contribution is 6.12. The van der Waals surface area contributed by atoms with Crippen LogP contribution in [0.15, 0.2) is 338 Å². The monoisotopic (exact) mass is 1120 g/mol. The molecule has 412 valence electrons. The van der Waals surface area contributed by atoms with Crippen LogP contribution >= 0.6 is 0 Å². The molecule has 0 aliphatic rings. The molecule has 4 heteroatoms. The first-order chi connectivity index (χ1) is 43.6. The molecule has 14 aromatic carbocycles. The molecule has 4 nitrogen and oxygen atoms in total. The lowest BCUT2D eigenvalue weighted by Gasteiger charge is -2.26. The van der Waals surface area contributed by atoms with E-state index in [1.54, 1.807) is 0 Å². The second kappa shape index (κ2) is 21.1. The molecule has 0 unspecified atom stereocenters. The molecule has 0 bridgehead atoms. The van der Waals surface area contributed by atoms with E-state index in [2.05, 4.69) is 336 Å². The molecule has 3 heterocycles. The Bertz CT molecular complexity index is 5180. The van der Waals surface area contributed by atoms with E-state index in [0.29, 0.717) is 0 Å². The maximum atomic E-state index is 6.13. The van der Waals surface area contributed by atoms with Gasteiger partial charge in [0, 0.05) is 60.8 Å². The van der Waals surface area contributed by atoms with Gasteiger partial charge < -0.3 is 18.5 Å². The number of benzene rings is 14. The molecule has 0 atom stereocenters. The largest absolute Gasteiger partial charge is 0.456 e. The van der Waals surface area contributed by atoms with Gasteiger partial charge in [-0.25, -0.2) is 0 Å². The number of anilines is 3. The maximum Gasteiger partial charge on any atom is 0.135 e. The second-order valence-corrected chi connectivity index (χ2v) is 22.9. The number of nitrogens with zero attached hydrogens (tertiary/aromatic N) is 3. The van der Waals surface area contributed by atoms with Crippen molar-refractivity contribution in [3.8, 4) is 78.1 Å². The predicted octanol–water partition coefficient (Wildman–Crippen LogP) is 23.3. The van der Waals surface area contributed by atoms with Crippen molar-refractivity contribution in [2.75, 3.05) is 4.90 Å². The van der Waals surface area contributed by atoms with Gasteiger partial charge in [-0.15, -0.1) is 0 Å². The van der Waals surface area contributed by atoms with Crippen LogP contribution in [-0.4, -0.2) is 9.13 Å². The molecule has 0 fully saturated rings. The van der Waals surface area contributed by atoms with Gasteiger partial charge in [0.2, 0.25) is 0 Å². The summed E-state index contributed by atoms with van der Waals surface area (Å²) in [6.45, 7) is 0. The molecule has 0 amide bonds. The molecule has 0 saturated heterocycles. The van der Waals surface area contributed by atoms with Crippen molar-refractivity contribution in [3.63, 3.8) is 0 Å². The van der Waals surface area contributed by atoms with Crippen molar-refractivity contribution >= 4 is 82.6 Å². The SMILES string of the molecule is c1ccc(-n2c3ccccc3c3cc(-c4ccc(-c5ccc(N(c6ccc(-c7ccc(-c8ccc9oc%10ccccc%10c9c8)cc7)cc6)c6ccc(-c7ccc(-c8ccc9c(c8)c8ccccc8n9-c8ccccc8)cc7)cc6)cc5)cc4)ccc32)cc1. The molecule has 17 rings (SSSR count). The van der Waals surface area contributed by atoms with E-state index in [-0.39, 0.29) is 0 Å². The zero-order valence-electron chi connectivity index (χ0n) is 48.0. The molecular weight excluding hydrogens is 1070 g/mol. The van der Waals surface area contributed by atoms with Gasteiger partial charge in [-0.3, -0.25) is 0 Å². The van der Waals surface area contributed by atoms with Crippen LogP contribution < -0.4 is 4.90 Å². The Morgan fingerprint density at radius 3 is 0.864 bits per heavy atom. The van der Waals surface area contributed by atoms with Crippen LogP contribution in [0.4, 0.5) is 17.1 Å². The molecular formula is C84H55N3O. The van der Waals surface area contributed by atoms with Gasteiger partial charge in [0.1, 0.15) is 11.2 Å². The number of fused-ring (bicyclic) bond motifs is 9. The van der Waals surface area contributed by atoms with Gasteiger partial charge in [-0.05, 0) is 182 Å². The predicted molar refractivity (Wildman–Crippen MR) is 370 cm³/mol. The summed E-state index contributed by atoms with van der Waals surface area (Å²) in [5.74, 6) is 0. The third kappa shape index (κ3) is 8.85. The Balaban J connectivity index is 0.669. The molecule has 0 spiro atoms. The van der Waals surface area contributed by atoms with Gasteiger partial charge in [0.15, 0.2) is 0 Å². The van der Waals surface area contributed by atoms with Gasteiger partial charge in [0.25, 0.3) is 0 Å². The quantitative estimate of drug-likeness (QED) is 0.129. The van der Waals surface area contributed by atoms with E-state index >= 15 is 0 Å². The zero-order valence-corrected chi connectivity index (χ0v) is 48.0. The van der Waals surface area contributed by atoms with Crippen LogP contribution in [0.3, 0.4) is 0 Å². The third-order valence-electron chi connectivity index (χ3n) is 17.8. The van der Waals surface area contributed by atoms with Crippen molar-refractivity contribution in [2.24, 2.45) is 0 Å². The summed E-state index contributed by atoms with van der Waals surface area (Å²) >= 11 is 0. The van der Waals surface area contributed by atoms with E-state index in [1.807, 2.05) is 12.1 Å². The Morgan fingerprint density at radius 1 is 0.193 bits per heavy atom. The van der Waals surface area contributed by atoms with Gasteiger partial charge in [-0.2, -0.15) is 0 Å². The first-order valence-electron chi connectivity index (χ1n) is 30.1. The first kappa shape index (κ1) is 50.8. The lowest BCUT2D eigenvalue weighted by atomic mass is 9.98. The average Bonchev–Trinajstić information content (AvgIpc) is 3.12. The topological polar surface area (TPSA) is 26.2 Å². The van der Waals surface area contributed by atoms with E-state index in [0.717, 1.165) is 72.6 Å². The van der Waals surface area contributed by atoms with Gasteiger partial charge in [0.05, 0.1) is 22.1 Å². The van der Waals surface area contributed by atoms with Crippen molar-refractivity contribution in [1.82, 2.24) is 9.13 Å². The summed E-state index contributed by atoms with van der Waals surface area (Å²) in [5, 5.41) is 7.27. The highest BCUT2D eigenvalue weighted by Gasteiger charge is 2.18. The highest BCUT2D eigenvalue weighted by atomic mass is 16.3. The smallest absolute Gasteiger partial charge is 0.135 e. The van der Waals surface area contributed by atoms with E-state index in [4.69, 9.17) is 4.42 Å². The number of para-hydroxylation sites is 5. The number of aromatic nitrogens is 2. The fraction of sp³-hybridized carbons (Fsp3) is 0. The molecule has 0 N–H and O–H groups in total. The fourth-order valence-corrected chi connectivity index (χ4v) is 13.3. The van der Waals surface area contributed by atoms with E-state index < -0.39 is 0 Å². The molecule has 0 aliphatic heterocycles. The van der Waals surface area contributed by atoms with E-state index in [9.17, 15) is 0 Å². The van der Waals surface area contributed by atoms with Gasteiger partial charge in [-0.1, -0.05) is 218 Å². The summed E-state index contributed by atoms with van der Waals surface area (Å²) in [7, 11) is 0. The van der Waals surface area contributed by atoms with Crippen molar-refractivity contribution in [1.29, 1.82) is 0 Å². The van der Waals surface area contributed by atoms with Crippen LogP contribution in [0.2, 0.25) is 0 Å². The average molecular weight is 1120 g/mol. The highest BCUT2D eigenvalue weighted by Crippen LogP contribution is 2.42. The lowest BCUT2D eigenvalue weighted by Crippen LogP contribution is -2.09. The molecule has 88 heavy (non-hydrogen) atoms. The zero-order chi connectivity index (χ0) is 58.1. The van der Waals surface area contributed by atoms with E-state index in [1.165, 1.54) is 88.1 Å². The number of hydrogen-bond donors (Lipinski definition) is 0. The first-order valence-corrected chi connectivity index (χ1v) is 30.1. The summed E-state index contributed by atoms with van der Waals surface area (Å²) in [6, 6.07) is 121. The minimum atomic E-state index is 0.906. The summed E-state index contributed by atoms with van der Waals surface area (Å²) in [5.41, 5.74) is 26.3. The Morgan fingerprint density at radius 2 is 0.466 bits per heavy atom.